The maximum absolute atomic E-state index is 13.1. The molecule has 2 atom stereocenters. The number of pyridine rings is 1. The van der Waals surface area contributed by atoms with Crippen molar-refractivity contribution in [1.82, 2.24) is 14.4 Å². The van der Waals surface area contributed by atoms with Crippen LogP contribution in [0.5, 0.6) is 0 Å². The molecule has 2 saturated heterocycles. The molecule has 2 aromatic heterocycles. The van der Waals surface area contributed by atoms with Crippen molar-refractivity contribution in [3.8, 4) is 0 Å². The average Bonchev–Trinajstić information content (AvgIpc) is 3.29. The summed E-state index contributed by atoms with van der Waals surface area (Å²) in [5, 5.41) is 0. The van der Waals surface area contributed by atoms with E-state index >= 15 is 0 Å². The van der Waals surface area contributed by atoms with Gasteiger partial charge < -0.3 is 4.57 Å². The van der Waals surface area contributed by atoms with Crippen molar-refractivity contribution < 1.29 is 0 Å². The Labute approximate surface area is 169 Å². The Balaban J connectivity index is 1.35. The molecule has 0 aliphatic carbocycles. The topological polar surface area (TPSA) is 28.5 Å². The summed E-state index contributed by atoms with van der Waals surface area (Å²) in [5.41, 5.74) is 2.48. The Morgan fingerprint density at radius 2 is 1.85 bits per heavy atom. The highest BCUT2D eigenvalue weighted by Crippen LogP contribution is 2.36. The summed E-state index contributed by atoms with van der Waals surface area (Å²) in [6.45, 7) is 7.05. The van der Waals surface area contributed by atoms with E-state index in [4.69, 9.17) is 11.6 Å². The fourth-order valence-corrected chi connectivity index (χ4v) is 6.31. The number of halogens is 1. The molecule has 2 bridgehead atoms. The molecule has 3 aliphatic heterocycles. The first-order valence-corrected chi connectivity index (χ1v) is 11.3. The van der Waals surface area contributed by atoms with Crippen molar-refractivity contribution in [3.63, 3.8) is 0 Å². The maximum Gasteiger partial charge on any atom is 0.255 e. The van der Waals surface area contributed by atoms with Gasteiger partial charge in [0.15, 0.2) is 0 Å². The van der Waals surface area contributed by atoms with Crippen LogP contribution in [0.4, 0.5) is 0 Å². The lowest BCUT2D eigenvalue weighted by molar-refractivity contribution is 0.115. The van der Waals surface area contributed by atoms with Crippen molar-refractivity contribution in [2.45, 2.75) is 44.8 Å². The minimum Gasteiger partial charge on any atom is -0.312 e. The lowest BCUT2D eigenvalue weighted by atomic mass is 9.83. The van der Waals surface area contributed by atoms with Crippen LogP contribution in [-0.2, 0) is 19.6 Å². The van der Waals surface area contributed by atoms with E-state index in [2.05, 4.69) is 32.6 Å². The van der Waals surface area contributed by atoms with E-state index in [0.29, 0.717) is 11.8 Å². The minimum absolute atomic E-state index is 0.257. The second-order valence-corrected chi connectivity index (χ2v) is 10.2. The molecule has 0 saturated carbocycles. The summed E-state index contributed by atoms with van der Waals surface area (Å²) in [7, 11) is 0. The number of nitrogens with zero attached hydrogens (tertiary/aromatic N) is 3. The predicted molar refractivity (Wildman–Crippen MR) is 111 cm³/mol. The Kier molecular flexibility index (Phi) is 4.88. The molecule has 2 fully saturated rings. The highest BCUT2D eigenvalue weighted by molar-refractivity contribution is 7.16. The normalized spacial score (nSPS) is 25.7. The van der Waals surface area contributed by atoms with Crippen LogP contribution in [0.3, 0.4) is 0 Å². The Hall–Kier alpha value is -1.14. The smallest absolute Gasteiger partial charge is 0.255 e. The van der Waals surface area contributed by atoms with E-state index in [1.54, 1.807) is 11.3 Å². The Morgan fingerprint density at radius 1 is 1.00 bits per heavy atom. The lowest BCUT2D eigenvalue weighted by Crippen LogP contribution is -2.47. The molecule has 3 aliphatic rings. The van der Waals surface area contributed by atoms with Gasteiger partial charge in [-0.3, -0.25) is 14.6 Å². The fourth-order valence-electron chi connectivity index (χ4n) is 5.18. The van der Waals surface area contributed by atoms with Gasteiger partial charge >= 0.3 is 0 Å². The number of hydrogen-bond donors (Lipinski definition) is 0. The van der Waals surface area contributed by atoms with Crippen molar-refractivity contribution in [2.75, 3.05) is 26.2 Å². The molecule has 6 heteroatoms. The van der Waals surface area contributed by atoms with Crippen LogP contribution in [0.2, 0.25) is 4.34 Å². The molecule has 0 unspecified atom stereocenters. The third kappa shape index (κ3) is 3.63. The van der Waals surface area contributed by atoms with Crippen LogP contribution in [-0.4, -0.2) is 40.5 Å². The second kappa shape index (κ2) is 7.36. The molecule has 5 rings (SSSR count). The van der Waals surface area contributed by atoms with Gasteiger partial charge in [-0.05, 0) is 56.5 Å². The number of fused-ring (bicyclic) bond motifs is 4. The number of piperidine rings is 1. The van der Waals surface area contributed by atoms with E-state index in [0.717, 1.165) is 55.7 Å². The first-order valence-electron chi connectivity index (χ1n) is 10.1. The third-order valence-corrected chi connectivity index (χ3v) is 7.58. The van der Waals surface area contributed by atoms with E-state index in [1.165, 1.54) is 29.8 Å². The summed E-state index contributed by atoms with van der Waals surface area (Å²) in [4.78, 5) is 19.4. The van der Waals surface area contributed by atoms with Gasteiger partial charge in [0.25, 0.3) is 5.56 Å². The highest BCUT2D eigenvalue weighted by Gasteiger charge is 2.35. The molecule has 5 heterocycles. The molecule has 0 radical (unpaired) electrons. The van der Waals surface area contributed by atoms with Gasteiger partial charge in [-0.25, -0.2) is 0 Å². The molecular weight excluding hydrogens is 378 g/mol. The zero-order valence-electron chi connectivity index (χ0n) is 15.6. The van der Waals surface area contributed by atoms with Crippen LogP contribution in [0.25, 0.3) is 0 Å². The van der Waals surface area contributed by atoms with Crippen molar-refractivity contribution in [3.05, 3.63) is 55.1 Å². The molecule has 2 aromatic rings. The summed E-state index contributed by atoms with van der Waals surface area (Å²) < 4.78 is 2.97. The summed E-state index contributed by atoms with van der Waals surface area (Å²) in [6, 6.07) is 8.47. The number of thiophene rings is 1. The van der Waals surface area contributed by atoms with Crippen molar-refractivity contribution in [2.24, 2.45) is 5.92 Å². The summed E-state index contributed by atoms with van der Waals surface area (Å²) >= 11 is 7.77. The second-order valence-electron chi connectivity index (χ2n) is 8.38. The van der Waals surface area contributed by atoms with Crippen LogP contribution in [0, 0.1) is 5.92 Å². The molecule has 0 amide bonds. The van der Waals surface area contributed by atoms with E-state index in [1.807, 2.05) is 6.07 Å². The zero-order chi connectivity index (χ0) is 18.4. The molecule has 4 nitrogen and oxygen atoms in total. The SMILES string of the molecule is O=c1c(CN2CCCC2)ccc2n1C[C@H]1C[C@@H]2CN(Cc2ccc(Cl)s2)C1. The molecule has 0 spiro atoms. The minimum atomic E-state index is 0.257. The summed E-state index contributed by atoms with van der Waals surface area (Å²) in [6.07, 6.45) is 3.75. The van der Waals surface area contributed by atoms with Gasteiger partial charge in [-0.2, -0.15) is 0 Å². The molecule has 27 heavy (non-hydrogen) atoms. The maximum atomic E-state index is 13.1. The fraction of sp³-hybridized carbons (Fsp3) is 0.571. The van der Waals surface area contributed by atoms with Crippen molar-refractivity contribution >= 4 is 22.9 Å². The first kappa shape index (κ1) is 17.9. The number of hydrogen-bond acceptors (Lipinski definition) is 4. The standard InChI is InChI=1S/C21H26ClN3OS/c22-20-6-4-18(27-20)14-24-10-15-9-17(13-24)19-5-3-16(21(26)25(19)11-15)12-23-7-1-2-8-23/h3-6,15,17H,1-2,7-14H2/t15-,17+/m0/s1. The number of aromatic nitrogens is 1. The van der Waals surface area contributed by atoms with Gasteiger partial charge in [-0.15, -0.1) is 11.3 Å². The van der Waals surface area contributed by atoms with Gasteiger partial charge in [-0.1, -0.05) is 17.7 Å². The predicted octanol–water partition coefficient (Wildman–Crippen LogP) is 3.78. The molecule has 0 aromatic carbocycles. The average molecular weight is 404 g/mol. The largest absolute Gasteiger partial charge is 0.312 e. The van der Waals surface area contributed by atoms with Gasteiger partial charge in [0.05, 0.1) is 4.34 Å². The Bertz CT molecular complexity index is 886. The van der Waals surface area contributed by atoms with Crippen LogP contribution in [0.1, 0.15) is 41.3 Å². The van der Waals surface area contributed by atoms with E-state index < -0.39 is 0 Å². The monoisotopic (exact) mass is 403 g/mol. The number of likely N-dealkylation sites (tertiary alicyclic amines) is 2. The third-order valence-electron chi connectivity index (χ3n) is 6.36. The first-order chi connectivity index (χ1) is 13.2. The molecular formula is C21H26ClN3OS. The highest BCUT2D eigenvalue weighted by atomic mass is 35.5. The summed E-state index contributed by atoms with van der Waals surface area (Å²) in [5.74, 6) is 1.05. The van der Waals surface area contributed by atoms with E-state index in [-0.39, 0.29) is 5.56 Å². The van der Waals surface area contributed by atoms with Crippen LogP contribution < -0.4 is 5.56 Å². The van der Waals surface area contributed by atoms with Gasteiger partial charge in [0.2, 0.25) is 0 Å². The van der Waals surface area contributed by atoms with Gasteiger partial charge in [0, 0.05) is 54.8 Å². The van der Waals surface area contributed by atoms with Crippen molar-refractivity contribution in [1.29, 1.82) is 0 Å². The van der Waals surface area contributed by atoms with Crippen LogP contribution in [0.15, 0.2) is 29.1 Å². The molecule has 0 N–H and O–H groups in total. The lowest BCUT2D eigenvalue weighted by Gasteiger charge is -2.43. The zero-order valence-corrected chi connectivity index (χ0v) is 17.1. The van der Waals surface area contributed by atoms with Crippen LogP contribution >= 0.6 is 22.9 Å². The molecule has 144 valence electrons. The Morgan fingerprint density at radius 3 is 2.63 bits per heavy atom. The van der Waals surface area contributed by atoms with E-state index in [9.17, 15) is 4.79 Å². The van der Waals surface area contributed by atoms with Gasteiger partial charge in [0.1, 0.15) is 0 Å². The quantitative estimate of drug-likeness (QED) is 0.777. The number of rotatable bonds is 4.